The number of nitrogens with one attached hydrogen (secondary N) is 2. The number of halogens is 1. The second-order valence-electron chi connectivity index (χ2n) is 6.40. The smallest absolute Gasteiger partial charge is 0.198 e. The Kier molecular flexibility index (Phi) is 4.57. The van der Waals surface area contributed by atoms with Gasteiger partial charge in [0.05, 0.1) is 24.5 Å². The maximum atomic E-state index is 13.2. The number of hydrogen-bond donors (Lipinski definition) is 2. The van der Waals surface area contributed by atoms with Crippen molar-refractivity contribution in [2.75, 3.05) is 26.3 Å². The molecule has 1 aromatic heterocycles. The van der Waals surface area contributed by atoms with Gasteiger partial charge >= 0.3 is 0 Å². The van der Waals surface area contributed by atoms with Gasteiger partial charge in [0, 0.05) is 15.9 Å². The lowest BCUT2D eigenvalue weighted by Crippen LogP contribution is -3.13. The van der Waals surface area contributed by atoms with Crippen molar-refractivity contribution >= 4 is 22.5 Å². The molecule has 0 atom stereocenters. The fourth-order valence-corrected chi connectivity index (χ4v) is 3.58. The summed E-state index contributed by atoms with van der Waals surface area (Å²) < 4.78 is 5.44. The highest BCUT2D eigenvalue weighted by molar-refractivity contribution is 6.31. The Morgan fingerprint density at radius 2 is 1.84 bits per heavy atom. The van der Waals surface area contributed by atoms with E-state index in [0.717, 1.165) is 48.6 Å². The van der Waals surface area contributed by atoms with Gasteiger partial charge in [0.2, 0.25) is 0 Å². The zero-order chi connectivity index (χ0) is 17.2. The van der Waals surface area contributed by atoms with E-state index in [4.69, 9.17) is 16.3 Å². The van der Waals surface area contributed by atoms with Gasteiger partial charge in [-0.15, -0.1) is 0 Å². The zero-order valence-corrected chi connectivity index (χ0v) is 14.6. The molecule has 4 nitrogen and oxygen atoms in total. The molecule has 0 unspecified atom stereocenters. The van der Waals surface area contributed by atoms with E-state index < -0.39 is 0 Å². The third kappa shape index (κ3) is 3.33. The molecule has 1 aliphatic rings. The molecule has 4 rings (SSSR count). The number of quaternary nitrogens is 1. The zero-order valence-electron chi connectivity index (χ0n) is 13.8. The molecule has 0 spiro atoms. The lowest BCUT2D eigenvalue weighted by Gasteiger charge is -2.24. The highest BCUT2D eigenvalue weighted by Gasteiger charge is 2.21. The van der Waals surface area contributed by atoms with Crippen molar-refractivity contribution in [3.63, 3.8) is 0 Å². The maximum absolute atomic E-state index is 13.2. The van der Waals surface area contributed by atoms with Crippen molar-refractivity contribution in [1.29, 1.82) is 0 Å². The Bertz CT molecular complexity index is 947. The summed E-state index contributed by atoms with van der Waals surface area (Å²) in [5, 5.41) is 1.23. The van der Waals surface area contributed by atoms with Gasteiger partial charge < -0.3 is 14.6 Å². The minimum atomic E-state index is 0.0640. The van der Waals surface area contributed by atoms with E-state index >= 15 is 0 Å². The molecule has 0 aliphatic carbocycles. The third-order valence-electron chi connectivity index (χ3n) is 4.75. The molecule has 2 N–H and O–H groups in total. The van der Waals surface area contributed by atoms with Crippen molar-refractivity contribution in [3.05, 3.63) is 69.3 Å². The van der Waals surface area contributed by atoms with E-state index in [9.17, 15) is 4.79 Å². The van der Waals surface area contributed by atoms with Gasteiger partial charge in [-0.3, -0.25) is 4.79 Å². The number of pyridine rings is 1. The van der Waals surface area contributed by atoms with Crippen LogP contribution in [0.2, 0.25) is 5.02 Å². The number of ether oxygens (including phenoxy) is 1. The van der Waals surface area contributed by atoms with Gasteiger partial charge in [-0.25, -0.2) is 0 Å². The first-order valence-electron chi connectivity index (χ1n) is 8.53. The van der Waals surface area contributed by atoms with Crippen LogP contribution in [0, 0.1) is 0 Å². The molecule has 25 heavy (non-hydrogen) atoms. The monoisotopic (exact) mass is 355 g/mol. The van der Waals surface area contributed by atoms with Crippen LogP contribution in [0.1, 0.15) is 5.56 Å². The number of H-pyrrole nitrogens is 1. The number of aromatic amines is 1. The van der Waals surface area contributed by atoms with E-state index in [1.165, 1.54) is 4.90 Å². The van der Waals surface area contributed by atoms with E-state index in [2.05, 4.69) is 4.98 Å². The molecule has 0 bridgehead atoms. The second-order valence-corrected chi connectivity index (χ2v) is 6.84. The van der Waals surface area contributed by atoms with Crippen molar-refractivity contribution < 1.29 is 9.64 Å². The average Bonchev–Trinajstić information content (AvgIpc) is 2.66. The Balaban J connectivity index is 1.89. The van der Waals surface area contributed by atoms with Crippen LogP contribution in [-0.2, 0) is 11.3 Å². The minimum Gasteiger partial charge on any atom is -0.370 e. The molecule has 0 saturated carbocycles. The van der Waals surface area contributed by atoms with Crippen LogP contribution in [0.25, 0.3) is 22.2 Å². The number of hydrogen-bond acceptors (Lipinski definition) is 2. The highest BCUT2D eigenvalue weighted by Crippen LogP contribution is 2.23. The molecule has 128 valence electrons. The average molecular weight is 356 g/mol. The summed E-state index contributed by atoms with van der Waals surface area (Å²) >= 11 is 6.12. The van der Waals surface area contributed by atoms with Crippen LogP contribution >= 0.6 is 11.6 Å². The molecule has 5 heteroatoms. The van der Waals surface area contributed by atoms with Crippen LogP contribution in [0.15, 0.2) is 53.3 Å². The summed E-state index contributed by atoms with van der Waals surface area (Å²) in [4.78, 5) is 18.1. The fraction of sp³-hybridized carbons (Fsp3) is 0.250. The molecule has 2 heterocycles. The predicted molar refractivity (Wildman–Crippen MR) is 100 cm³/mol. The number of morpholine rings is 1. The van der Waals surface area contributed by atoms with E-state index in [-0.39, 0.29) is 5.43 Å². The molecule has 0 radical (unpaired) electrons. The lowest BCUT2D eigenvalue weighted by atomic mass is 10.0. The van der Waals surface area contributed by atoms with Gasteiger partial charge in [-0.05, 0) is 23.8 Å². The van der Waals surface area contributed by atoms with Gasteiger partial charge in [0.15, 0.2) is 5.43 Å². The Morgan fingerprint density at radius 1 is 1.08 bits per heavy atom. The molecular weight excluding hydrogens is 336 g/mol. The van der Waals surface area contributed by atoms with Gasteiger partial charge in [-0.1, -0.05) is 41.9 Å². The first kappa shape index (κ1) is 16.3. The van der Waals surface area contributed by atoms with Crippen LogP contribution in [-0.4, -0.2) is 31.3 Å². The SMILES string of the molecule is O=c1c(C[NH+]2CCOCC2)c(-c2ccccc2)[nH]c2ccc(Cl)cc12. The summed E-state index contributed by atoms with van der Waals surface area (Å²) in [6.45, 7) is 4.01. The van der Waals surface area contributed by atoms with Gasteiger partial charge in [0.25, 0.3) is 0 Å². The number of fused-ring (bicyclic) bond motifs is 1. The first-order valence-corrected chi connectivity index (χ1v) is 8.91. The Labute approximate surface area is 151 Å². The molecule has 1 aliphatic heterocycles. The van der Waals surface area contributed by atoms with E-state index in [1.807, 2.05) is 42.5 Å². The first-order chi connectivity index (χ1) is 12.2. The van der Waals surface area contributed by atoms with Crippen LogP contribution in [0.5, 0.6) is 0 Å². The van der Waals surface area contributed by atoms with Crippen LogP contribution < -0.4 is 10.3 Å². The summed E-state index contributed by atoms with van der Waals surface area (Å²) in [6, 6.07) is 15.5. The number of benzene rings is 2. The molecule has 0 amide bonds. The van der Waals surface area contributed by atoms with Gasteiger partial charge in [-0.2, -0.15) is 0 Å². The summed E-state index contributed by atoms with van der Waals surface area (Å²) in [6.07, 6.45) is 0. The summed E-state index contributed by atoms with van der Waals surface area (Å²) in [5.74, 6) is 0. The lowest BCUT2D eigenvalue weighted by molar-refractivity contribution is -0.921. The summed E-state index contributed by atoms with van der Waals surface area (Å²) in [7, 11) is 0. The largest absolute Gasteiger partial charge is 0.370 e. The minimum absolute atomic E-state index is 0.0640. The van der Waals surface area contributed by atoms with E-state index in [0.29, 0.717) is 17.0 Å². The third-order valence-corrected chi connectivity index (χ3v) is 4.99. The van der Waals surface area contributed by atoms with Crippen LogP contribution in [0.4, 0.5) is 0 Å². The predicted octanol–water partition coefficient (Wildman–Crippen LogP) is 2.26. The van der Waals surface area contributed by atoms with Crippen LogP contribution in [0.3, 0.4) is 0 Å². The second kappa shape index (κ2) is 7.00. The van der Waals surface area contributed by atoms with Crippen molar-refractivity contribution in [1.82, 2.24) is 4.98 Å². The molecule has 1 fully saturated rings. The Morgan fingerprint density at radius 3 is 2.60 bits per heavy atom. The van der Waals surface area contributed by atoms with Crippen molar-refractivity contribution in [2.45, 2.75) is 6.54 Å². The fourth-order valence-electron chi connectivity index (χ4n) is 3.41. The normalized spacial score (nSPS) is 15.6. The molecule has 1 saturated heterocycles. The van der Waals surface area contributed by atoms with E-state index in [1.54, 1.807) is 6.07 Å². The molecular formula is C20H20ClN2O2+. The number of aromatic nitrogens is 1. The standard InChI is InChI=1S/C20H19ClN2O2/c21-15-6-7-18-16(12-15)20(24)17(13-23-8-10-25-11-9-23)19(22-18)14-4-2-1-3-5-14/h1-7,12H,8-11,13H2,(H,22,24)/p+1. The van der Waals surface area contributed by atoms with Crippen molar-refractivity contribution in [2.24, 2.45) is 0 Å². The molecule has 3 aromatic rings. The Hall–Kier alpha value is -2.14. The van der Waals surface area contributed by atoms with Gasteiger partial charge in [0.1, 0.15) is 19.6 Å². The quantitative estimate of drug-likeness (QED) is 0.757. The van der Waals surface area contributed by atoms with Crippen molar-refractivity contribution in [3.8, 4) is 11.3 Å². The molecule has 2 aromatic carbocycles. The maximum Gasteiger partial charge on any atom is 0.198 e. The number of rotatable bonds is 3. The highest BCUT2D eigenvalue weighted by atomic mass is 35.5. The summed E-state index contributed by atoms with van der Waals surface area (Å²) in [5.41, 5.74) is 3.62. The topological polar surface area (TPSA) is 46.5 Å².